The van der Waals surface area contributed by atoms with Crippen LogP contribution in [0.1, 0.15) is 16.3 Å². The first kappa shape index (κ1) is 11.6. The maximum absolute atomic E-state index is 5.85. The van der Waals surface area contributed by atoms with Crippen molar-refractivity contribution in [1.29, 1.82) is 0 Å². The Kier molecular flexibility index (Phi) is 3.93. The number of hydrogen-bond donors (Lipinski definition) is 1. The first-order valence-electron chi connectivity index (χ1n) is 5.10. The average molecular weight is 253 g/mol. The molecular weight excluding hydrogens is 240 g/mol. The summed E-state index contributed by atoms with van der Waals surface area (Å²) in [6, 6.07) is 8.05. The SMILES string of the molecule is Cc1cccc(CNCc2cc(Cl)cs2)n1. The van der Waals surface area contributed by atoms with Crippen LogP contribution in [0.4, 0.5) is 0 Å². The highest BCUT2D eigenvalue weighted by atomic mass is 35.5. The molecule has 2 nitrogen and oxygen atoms in total. The third kappa shape index (κ3) is 3.30. The third-order valence-electron chi connectivity index (χ3n) is 2.17. The van der Waals surface area contributed by atoms with E-state index in [9.17, 15) is 0 Å². The van der Waals surface area contributed by atoms with Gasteiger partial charge in [-0.25, -0.2) is 0 Å². The summed E-state index contributed by atoms with van der Waals surface area (Å²) in [5, 5.41) is 6.11. The van der Waals surface area contributed by atoms with Crippen LogP contribution >= 0.6 is 22.9 Å². The molecule has 0 spiro atoms. The van der Waals surface area contributed by atoms with Crippen LogP contribution in [0.15, 0.2) is 29.6 Å². The number of rotatable bonds is 4. The molecule has 4 heteroatoms. The van der Waals surface area contributed by atoms with Gasteiger partial charge in [-0.15, -0.1) is 11.3 Å². The molecule has 0 aliphatic rings. The largest absolute Gasteiger partial charge is 0.306 e. The minimum atomic E-state index is 0.789. The van der Waals surface area contributed by atoms with Crippen molar-refractivity contribution >= 4 is 22.9 Å². The van der Waals surface area contributed by atoms with E-state index in [1.165, 1.54) is 4.88 Å². The van der Waals surface area contributed by atoms with Crippen LogP contribution < -0.4 is 5.32 Å². The summed E-state index contributed by atoms with van der Waals surface area (Å²) in [7, 11) is 0. The van der Waals surface area contributed by atoms with E-state index in [0.717, 1.165) is 29.5 Å². The first-order valence-corrected chi connectivity index (χ1v) is 6.36. The summed E-state index contributed by atoms with van der Waals surface area (Å²) >= 11 is 7.52. The summed E-state index contributed by atoms with van der Waals surface area (Å²) in [6.07, 6.45) is 0. The number of thiophene rings is 1. The minimum absolute atomic E-state index is 0.789. The quantitative estimate of drug-likeness (QED) is 0.902. The summed E-state index contributed by atoms with van der Waals surface area (Å²) < 4.78 is 0. The van der Waals surface area contributed by atoms with Crippen molar-refractivity contribution in [2.24, 2.45) is 0 Å². The molecule has 2 aromatic rings. The summed E-state index contributed by atoms with van der Waals surface area (Å²) in [5.74, 6) is 0. The standard InChI is InChI=1S/C12H13ClN2S/c1-9-3-2-4-11(15-9)6-14-7-12-5-10(13)8-16-12/h2-5,8,14H,6-7H2,1H3. The molecular formula is C12H13ClN2S. The van der Waals surface area contributed by atoms with E-state index in [-0.39, 0.29) is 0 Å². The zero-order valence-corrected chi connectivity index (χ0v) is 10.6. The molecule has 2 rings (SSSR count). The maximum Gasteiger partial charge on any atom is 0.0544 e. The monoisotopic (exact) mass is 252 g/mol. The Morgan fingerprint density at radius 1 is 1.38 bits per heavy atom. The smallest absolute Gasteiger partial charge is 0.0544 e. The predicted molar refractivity (Wildman–Crippen MR) is 68.8 cm³/mol. The zero-order chi connectivity index (χ0) is 11.4. The van der Waals surface area contributed by atoms with E-state index in [0.29, 0.717) is 0 Å². The fraction of sp³-hybridized carbons (Fsp3) is 0.250. The van der Waals surface area contributed by atoms with Crippen LogP contribution in [0.5, 0.6) is 0 Å². The van der Waals surface area contributed by atoms with Gasteiger partial charge in [0.05, 0.1) is 10.7 Å². The second-order valence-corrected chi connectivity index (χ2v) is 5.04. The molecule has 1 N–H and O–H groups in total. The van der Waals surface area contributed by atoms with Gasteiger partial charge in [0, 0.05) is 29.0 Å². The first-order chi connectivity index (χ1) is 7.74. The van der Waals surface area contributed by atoms with Gasteiger partial charge in [0.15, 0.2) is 0 Å². The number of aryl methyl sites for hydroxylation is 1. The fourth-order valence-corrected chi connectivity index (χ4v) is 2.50. The second-order valence-electron chi connectivity index (χ2n) is 3.61. The lowest BCUT2D eigenvalue weighted by Gasteiger charge is -2.03. The molecule has 2 aromatic heterocycles. The Hall–Kier alpha value is -0.900. The Balaban J connectivity index is 1.84. The number of hydrogen-bond acceptors (Lipinski definition) is 3. The lowest BCUT2D eigenvalue weighted by molar-refractivity contribution is 0.685. The summed E-state index contributed by atoms with van der Waals surface area (Å²) in [4.78, 5) is 5.67. The molecule has 0 unspecified atom stereocenters. The molecule has 0 saturated carbocycles. The van der Waals surface area contributed by atoms with Gasteiger partial charge in [-0.3, -0.25) is 4.98 Å². The number of nitrogens with zero attached hydrogens (tertiary/aromatic N) is 1. The molecule has 0 aliphatic carbocycles. The minimum Gasteiger partial charge on any atom is -0.306 e. The number of pyridine rings is 1. The van der Waals surface area contributed by atoms with Crippen LogP contribution in [0.25, 0.3) is 0 Å². The molecule has 0 fully saturated rings. The van der Waals surface area contributed by atoms with E-state index >= 15 is 0 Å². The topological polar surface area (TPSA) is 24.9 Å². The van der Waals surface area contributed by atoms with Gasteiger partial charge >= 0.3 is 0 Å². The highest BCUT2D eigenvalue weighted by Crippen LogP contribution is 2.18. The molecule has 2 heterocycles. The van der Waals surface area contributed by atoms with Crippen molar-refractivity contribution in [1.82, 2.24) is 10.3 Å². The number of aromatic nitrogens is 1. The normalized spacial score (nSPS) is 10.6. The van der Waals surface area contributed by atoms with Crippen molar-refractivity contribution in [3.63, 3.8) is 0 Å². The van der Waals surface area contributed by atoms with Crippen molar-refractivity contribution in [3.05, 3.63) is 50.9 Å². The van der Waals surface area contributed by atoms with Crippen LogP contribution in [0, 0.1) is 6.92 Å². The third-order valence-corrected chi connectivity index (χ3v) is 3.46. The summed E-state index contributed by atoms with van der Waals surface area (Å²) in [5.41, 5.74) is 2.13. The Morgan fingerprint density at radius 2 is 2.25 bits per heavy atom. The van der Waals surface area contributed by atoms with Crippen molar-refractivity contribution in [2.75, 3.05) is 0 Å². The van der Waals surface area contributed by atoms with Gasteiger partial charge in [0.2, 0.25) is 0 Å². The van der Waals surface area contributed by atoms with Crippen LogP contribution in [0.2, 0.25) is 5.02 Å². The molecule has 84 valence electrons. The van der Waals surface area contributed by atoms with Crippen molar-refractivity contribution in [2.45, 2.75) is 20.0 Å². The Bertz CT molecular complexity index is 468. The van der Waals surface area contributed by atoms with Crippen molar-refractivity contribution in [3.8, 4) is 0 Å². The number of nitrogens with one attached hydrogen (secondary N) is 1. The van der Waals surface area contributed by atoms with Gasteiger partial charge in [-0.05, 0) is 25.1 Å². The molecule has 16 heavy (non-hydrogen) atoms. The van der Waals surface area contributed by atoms with E-state index in [1.54, 1.807) is 11.3 Å². The van der Waals surface area contributed by atoms with E-state index < -0.39 is 0 Å². The summed E-state index contributed by atoms with van der Waals surface area (Å²) in [6.45, 7) is 3.63. The Morgan fingerprint density at radius 3 is 2.94 bits per heavy atom. The molecule has 0 aromatic carbocycles. The van der Waals surface area contributed by atoms with Gasteiger partial charge < -0.3 is 5.32 Å². The van der Waals surface area contributed by atoms with Crippen LogP contribution in [-0.4, -0.2) is 4.98 Å². The molecule has 0 aliphatic heterocycles. The highest BCUT2D eigenvalue weighted by Gasteiger charge is 1.98. The van der Waals surface area contributed by atoms with Crippen LogP contribution in [-0.2, 0) is 13.1 Å². The molecule has 0 bridgehead atoms. The van der Waals surface area contributed by atoms with Gasteiger partial charge in [0.1, 0.15) is 0 Å². The van der Waals surface area contributed by atoms with E-state index in [1.807, 2.05) is 36.6 Å². The van der Waals surface area contributed by atoms with Gasteiger partial charge in [0.25, 0.3) is 0 Å². The van der Waals surface area contributed by atoms with E-state index in [2.05, 4.69) is 10.3 Å². The highest BCUT2D eigenvalue weighted by molar-refractivity contribution is 7.10. The second kappa shape index (κ2) is 5.43. The molecule has 0 saturated heterocycles. The molecule has 0 radical (unpaired) electrons. The maximum atomic E-state index is 5.85. The zero-order valence-electron chi connectivity index (χ0n) is 9.03. The van der Waals surface area contributed by atoms with E-state index in [4.69, 9.17) is 11.6 Å². The molecule has 0 amide bonds. The fourth-order valence-electron chi connectivity index (χ4n) is 1.46. The lowest BCUT2D eigenvalue weighted by Crippen LogP contribution is -2.12. The van der Waals surface area contributed by atoms with Gasteiger partial charge in [-0.1, -0.05) is 17.7 Å². The van der Waals surface area contributed by atoms with Crippen molar-refractivity contribution < 1.29 is 0 Å². The van der Waals surface area contributed by atoms with Gasteiger partial charge in [-0.2, -0.15) is 0 Å². The number of halogens is 1. The molecule has 0 atom stereocenters. The predicted octanol–water partition coefficient (Wildman–Crippen LogP) is 3.39. The lowest BCUT2D eigenvalue weighted by atomic mass is 10.3. The average Bonchev–Trinajstić information content (AvgIpc) is 2.64. The Labute approximate surface area is 104 Å². The van der Waals surface area contributed by atoms with Crippen LogP contribution in [0.3, 0.4) is 0 Å².